The number of anilines is 1. The molecule has 1 fully saturated rings. The molecule has 0 saturated carbocycles. The van der Waals surface area contributed by atoms with Gasteiger partial charge >= 0.3 is 0 Å². The highest BCUT2D eigenvalue weighted by Gasteiger charge is 2.27. The Bertz CT molecular complexity index is 616. The fourth-order valence-corrected chi connectivity index (χ4v) is 3.81. The summed E-state index contributed by atoms with van der Waals surface area (Å²) in [5, 5.41) is 12.3. The molecule has 150 valence electrons. The molecule has 1 aliphatic rings. The number of likely N-dealkylation sites (tertiary alicyclic amines) is 1. The Morgan fingerprint density at radius 3 is 2.15 bits per heavy atom. The first-order valence-corrected chi connectivity index (χ1v) is 10.9. The number of rotatable bonds is 13. The van der Waals surface area contributed by atoms with E-state index in [0.29, 0.717) is 30.9 Å². The van der Waals surface area contributed by atoms with E-state index in [4.69, 9.17) is 0 Å². The summed E-state index contributed by atoms with van der Waals surface area (Å²) in [4.78, 5) is 36.2. The summed E-state index contributed by atoms with van der Waals surface area (Å²) in [6, 6.07) is 0. The van der Waals surface area contributed by atoms with Crippen LogP contribution in [0.15, 0.2) is 0 Å². The van der Waals surface area contributed by atoms with Crippen molar-refractivity contribution in [3.63, 3.8) is 0 Å². The molecule has 1 N–H and O–H groups in total. The summed E-state index contributed by atoms with van der Waals surface area (Å²) >= 11 is 1.43. The smallest absolute Gasteiger partial charge is 0.229 e. The quantitative estimate of drug-likeness (QED) is 0.407. The van der Waals surface area contributed by atoms with Crippen LogP contribution in [0.5, 0.6) is 0 Å². The molecular weight excluding hydrogens is 364 g/mol. The summed E-state index contributed by atoms with van der Waals surface area (Å²) in [7, 11) is 0. The Balaban J connectivity index is 1.39. The number of nitrogens with one attached hydrogen (secondary N) is 1. The normalized spacial score (nSPS) is 14.2. The fraction of sp³-hybridized carbons (Fsp3) is 0.737. The van der Waals surface area contributed by atoms with Gasteiger partial charge < -0.3 is 5.32 Å². The van der Waals surface area contributed by atoms with Crippen molar-refractivity contribution in [3.8, 4) is 0 Å². The van der Waals surface area contributed by atoms with Gasteiger partial charge in [0, 0.05) is 25.8 Å². The van der Waals surface area contributed by atoms with Gasteiger partial charge in [-0.3, -0.25) is 19.3 Å². The minimum absolute atomic E-state index is 0.0130. The van der Waals surface area contributed by atoms with Gasteiger partial charge in [0.25, 0.3) is 0 Å². The van der Waals surface area contributed by atoms with Crippen molar-refractivity contribution in [1.82, 2.24) is 15.1 Å². The monoisotopic (exact) mass is 394 g/mol. The Labute approximate surface area is 164 Å². The lowest BCUT2D eigenvalue weighted by Gasteiger charge is -2.13. The van der Waals surface area contributed by atoms with E-state index >= 15 is 0 Å². The fourth-order valence-electron chi connectivity index (χ4n) is 3.12. The first kappa shape index (κ1) is 21.5. The molecule has 1 saturated heterocycles. The lowest BCUT2D eigenvalue weighted by Crippen LogP contribution is -2.29. The van der Waals surface area contributed by atoms with Crippen molar-refractivity contribution in [2.75, 3.05) is 11.9 Å². The number of carbonyl (C=O) groups excluding carboxylic acids is 3. The van der Waals surface area contributed by atoms with Gasteiger partial charge in [-0.05, 0) is 19.3 Å². The molecule has 0 unspecified atom stereocenters. The van der Waals surface area contributed by atoms with E-state index in [1.54, 1.807) is 0 Å². The second-order valence-corrected chi connectivity index (χ2v) is 7.98. The molecule has 1 aromatic rings. The second-order valence-electron chi connectivity index (χ2n) is 6.92. The second kappa shape index (κ2) is 11.8. The number of nitrogens with zero attached hydrogens (tertiary/aromatic N) is 3. The molecule has 2 heterocycles. The maximum atomic E-state index is 11.8. The van der Waals surface area contributed by atoms with Gasteiger partial charge in [0.15, 0.2) is 0 Å². The zero-order chi connectivity index (χ0) is 19.5. The number of unbranched alkanes of at least 4 members (excludes halogenated alkanes) is 7. The minimum atomic E-state index is -0.0130. The summed E-state index contributed by atoms with van der Waals surface area (Å²) < 4.78 is 0. The standard InChI is InChI=1S/C19H30N4O3S/c1-2-16-21-22-19(27-16)20-15(24)11-9-7-5-3-4-6-8-10-14-23-17(25)12-13-18(23)26/h2-14H2,1H3,(H,20,22,24). The Morgan fingerprint density at radius 1 is 0.963 bits per heavy atom. The molecule has 7 nitrogen and oxygen atoms in total. The molecule has 1 aromatic heterocycles. The van der Waals surface area contributed by atoms with E-state index in [2.05, 4.69) is 15.5 Å². The third-order valence-corrected chi connectivity index (χ3v) is 5.69. The average Bonchev–Trinajstić information content (AvgIpc) is 3.23. The molecule has 0 atom stereocenters. The highest BCUT2D eigenvalue weighted by molar-refractivity contribution is 7.15. The maximum absolute atomic E-state index is 11.8. The first-order valence-electron chi connectivity index (χ1n) is 10.1. The number of amides is 3. The third-order valence-electron chi connectivity index (χ3n) is 4.71. The molecule has 2 rings (SSSR count). The number of hydrogen-bond donors (Lipinski definition) is 1. The van der Waals surface area contributed by atoms with Crippen LogP contribution in [0.25, 0.3) is 0 Å². The molecule has 0 aromatic carbocycles. The molecule has 27 heavy (non-hydrogen) atoms. The van der Waals surface area contributed by atoms with Crippen LogP contribution < -0.4 is 5.32 Å². The number of aryl methyl sites for hydroxylation is 1. The number of aromatic nitrogens is 2. The van der Waals surface area contributed by atoms with Crippen LogP contribution in [0.4, 0.5) is 5.13 Å². The third kappa shape index (κ3) is 7.74. The minimum Gasteiger partial charge on any atom is -0.301 e. The van der Waals surface area contributed by atoms with Crippen LogP contribution in [-0.2, 0) is 20.8 Å². The highest BCUT2D eigenvalue weighted by atomic mass is 32.1. The van der Waals surface area contributed by atoms with Gasteiger partial charge in [-0.25, -0.2) is 0 Å². The van der Waals surface area contributed by atoms with Crippen molar-refractivity contribution >= 4 is 34.2 Å². The molecule has 3 amide bonds. The maximum Gasteiger partial charge on any atom is 0.229 e. The van der Waals surface area contributed by atoms with E-state index in [9.17, 15) is 14.4 Å². The Morgan fingerprint density at radius 2 is 1.56 bits per heavy atom. The zero-order valence-corrected chi connectivity index (χ0v) is 17.0. The molecule has 0 spiro atoms. The van der Waals surface area contributed by atoms with E-state index < -0.39 is 0 Å². The summed E-state index contributed by atoms with van der Waals surface area (Å²) in [6.45, 7) is 2.60. The number of hydrogen-bond acceptors (Lipinski definition) is 6. The predicted molar refractivity (Wildman–Crippen MR) is 105 cm³/mol. The van der Waals surface area contributed by atoms with E-state index in [1.165, 1.54) is 29.1 Å². The number of carbonyl (C=O) groups is 3. The molecular formula is C19H30N4O3S. The lowest BCUT2D eigenvalue weighted by atomic mass is 10.1. The topological polar surface area (TPSA) is 92.3 Å². The summed E-state index contributed by atoms with van der Waals surface area (Å²) in [5.41, 5.74) is 0. The molecule has 0 aliphatic carbocycles. The van der Waals surface area contributed by atoms with Crippen LogP contribution in [0.2, 0.25) is 0 Å². The van der Waals surface area contributed by atoms with Crippen molar-refractivity contribution in [1.29, 1.82) is 0 Å². The van der Waals surface area contributed by atoms with Gasteiger partial charge in [0.05, 0.1) is 0 Å². The average molecular weight is 395 g/mol. The first-order chi connectivity index (χ1) is 13.1. The highest BCUT2D eigenvalue weighted by Crippen LogP contribution is 2.17. The lowest BCUT2D eigenvalue weighted by molar-refractivity contribution is -0.138. The predicted octanol–water partition coefficient (Wildman–Crippen LogP) is 3.70. The van der Waals surface area contributed by atoms with Crippen LogP contribution in [0.3, 0.4) is 0 Å². The van der Waals surface area contributed by atoms with Gasteiger partial charge in [-0.15, -0.1) is 10.2 Å². The Kier molecular flexibility index (Phi) is 9.38. The van der Waals surface area contributed by atoms with Crippen LogP contribution >= 0.6 is 11.3 Å². The van der Waals surface area contributed by atoms with Crippen molar-refractivity contribution < 1.29 is 14.4 Å². The molecule has 0 bridgehead atoms. The zero-order valence-electron chi connectivity index (χ0n) is 16.2. The van der Waals surface area contributed by atoms with E-state index in [0.717, 1.165) is 50.0 Å². The van der Waals surface area contributed by atoms with Gasteiger partial charge in [-0.2, -0.15) is 0 Å². The van der Waals surface area contributed by atoms with Crippen molar-refractivity contribution in [3.05, 3.63) is 5.01 Å². The Hall–Kier alpha value is -1.83. The number of imide groups is 1. The van der Waals surface area contributed by atoms with E-state index in [1.807, 2.05) is 6.92 Å². The SMILES string of the molecule is CCc1nnc(NC(=O)CCCCCCCCCCN2C(=O)CCC2=O)s1. The van der Waals surface area contributed by atoms with Crippen LogP contribution in [0, 0.1) is 0 Å². The van der Waals surface area contributed by atoms with Gasteiger partial charge in [-0.1, -0.05) is 56.8 Å². The van der Waals surface area contributed by atoms with Gasteiger partial charge in [0.1, 0.15) is 5.01 Å². The van der Waals surface area contributed by atoms with Crippen LogP contribution in [0.1, 0.15) is 82.6 Å². The largest absolute Gasteiger partial charge is 0.301 e. The van der Waals surface area contributed by atoms with Gasteiger partial charge in [0.2, 0.25) is 22.9 Å². The molecule has 0 radical (unpaired) electrons. The van der Waals surface area contributed by atoms with E-state index in [-0.39, 0.29) is 17.7 Å². The van der Waals surface area contributed by atoms with Crippen LogP contribution in [-0.4, -0.2) is 39.4 Å². The van der Waals surface area contributed by atoms with Crippen molar-refractivity contribution in [2.24, 2.45) is 0 Å². The summed E-state index contributed by atoms with van der Waals surface area (Å²) in [5.74, 6) is -0.0123. The molecule has 1 aliphatic heterocycles. The molecule has 8 heteroatoms. The van der Waals surface area contributed by atoms with Crippen molar-refractivity contribution in [2.45, 2.75) is 84.0 Å². The summed E-state index contributed by atoms with van der Waals surface area (Å²) in [6.07, 6.45) is 10.6.